The number of halogens is 2. The molecule has 0 heterocycles. The summed E-state index contributed by atoms with van der Waals surface area (Å²) in [5, 5.41) is 0. The van der Waals surface area contributed by atoms with E-state index < -0.39 is 4.33 Å². The number of rotatable bonds is 0. The third kappa shape index (κ3) is 0.843. The highest BCUT2D eigenvalue weighted by Crippen LogP contribution is 2.63. The van der Waals surface area contributed by atoms with E-state index >= 15 is 0 Å². The van der Waals surface area contributed by atoms with Crippen LogP contribution in [0.15, 0.2) is 0 Å². The van der Waals surface area contributed by atoms with E-state index in [9.17, 15) is 4.79 Å². The van der Waals surface area contributed by atoms with E-state index in [4.69, 9.17) is 23.2 Å². The lowest BCUT2D eigenvalue weighted by molar-refractivity contribution is -0.136. The van der Waals surface area contributed by atoms with Gasteiger partial charge in [0.1, 0.15) is 0 Å². The maximum atomic E-state index is 11.4. The van der Waals surface area contributed by atoms with Crippen LogP contribution in [-0.2, 0) is 4.79 Å². The van der Waals surface area contributed by atoms with Crippen LogP contribution in [0, 0.1) is 17.3 Å². The smallest absolute Gasteiger partial charge is 0.180 e. The van der Waals surface area contributed by atoms with Crippen LogP contribution >= 0.6 is 23.2 Å². The molecule has 2 fully saturated rings. The van der Waals surface area contributed by atoms with Gasteiger partial charge in [0.25, 0.3) is 0 Å². The van der Waals surface area contributed by atoms with Crippen molar-refractivity contribution < 1.29 is 4.79 Å². The van der Waals surface area contributed by atoms with Crippen molar-refractivity contribution in [3.8, 4) is 0 Å². The second kappa shape index (κ2) is 2.19. The Hall–Kier alpha value is 0.250. The summed E-state index contributed by atoms with van der Waals surface area (Å²) in [5.41, 5.74) is 0.141. The van der Waals surface area contributed by atoms with Crippen LogP contribution in [0.5, 0.6) is 0 Å². The van der Waals surface area contributed by atoms with Crippen LogP contribution in [0.2, 0.25) is 0 Å². The molecule has 0 radical (unpaired) electrons. The molecular weight excluding hydrogens is 195 g/mol. The largest absolute Gasteiger partial charge is 0.296 e. The maximum absolute atomic E-state index is 11.4. The Morgan fingerprint density at radius 3 is 2.50 bits per heavy atom. The second-order valence-corrected chi connectivity index (χ2v) is 5.98. The molecule has 0 N–H and O–H groups in total. The van der Waals surface area contributed by atoms with Gasteiger partial charge >= 0.3 is 0 Å². The van der Waals surface area contributed by atoms with Crippen LogP contribution in [-0.4, -0.2) is 10.1 Å². The topological polar surface area (TPSA) is 17.1 Å². The van der Waals surface area contributed by atoms with Crippen LogP contribution < -0.4 is 0 Å². The zero-order chi connectivity index (χ0) is 9.15. The van der Waals surface area contributed by atoms with E-state index in [1.165, 1.54) is 0 Å². The monoisotopic (exact) mass is 206 g/mol. The fourth-order valence-corrected chi connectivity index (χ4v) is 3.90. The standard InChI is InChI=1S/C9H12Cl2O/c1-8(2)4-3-5-6(8)9(10,11)7(5)12/h5-6H,3-4H2,1-2H3. The van der Waals surface area contributed by atoms with Crippen molar-refractivity contribution in [2.45, 2.75) is 31.0 Å². The van der Waals surface area contributed by atoms with Gasteiger partial charge in [-0.15, -0.1) is 0 Å². The van der Waals surface area contributed by atoms with Gasteiger partial charge in [0.05, 0.1) is 0 Å². The van der Waals surface area contributed by atoms with Gasteiger partial charge in [-0.25, -0.2) is 0 Å². The minimum absolute atomic E-state index is 0.0430. The van der Waals surface area contributed by atoms with Crippen molar-refractivity contribution in [3.05, 3.63) is 0 Å². The molecule has 0 aromatic heterocycles. The Morgan fingerprint density at radius 1 is 1.42 bits per heavy atom. The Balaban J connectivity index is 2.32. The lowest BCUT2D eigenvalue weighted by Gasteiger charge is -2.47. The van der Waals surface area contributed by atoms with Crippen LogP contribution in [0.25, 0.3) is 0 Å². The molecular formula is C9H12Cl2O. The third-order valence-corrected chi connectivity index (χ3v) is 4.24. The molecule has 2 atom stereocenters. The number of alkyl halides is 2. The molecule has 2 aliphatic carbocycles. The molecule has 0 aliphatic heterocycles. The highest BCUT2D eigenvalue weighted by molar-refractivity contribution is 6.60. The number of carbonyl (C=O) groups excluding carboxylic acids is 1. The lowest BCUT2D eigenvalue weighted by atomic mass is 9.65. The molecule has 68 valence electrons. The first-order valence-electron chi connectivity index (χ1n) is 4.29. The number of hydrogen-bond acceptors (Lipinski definition) is 1. The van der Waals surface area contributed by atoms with E-state index in [1.807, 2.05) is 0 Å². The maximum Gasteiger partial charge on any atom is 0.180 e. The summed E-state index contributed by atoms with van der Waals surface area (Å²) < 4.78 is -1.08. The van der Waals surface area contributed by atoms with Gasteiger partial charge in [0.2, 0.25) is 0 Å². The molecule has 12 heavy (non-hydrogen) atoms. The van der Waals surface area contributed by atoms with Crippen LogP contribution in [0.4, 0.5) is 0 Å². The molecule has 0 bridgehead atoms. The van der Waals surface area contributed by atoms with Crippen LogP contribution in [0.3, 0.4) is 0 Å². The van der Waals surface area contributed by atoms with E-state index in [1.54, 1.807) is 0 Å². The molecule has 2 unspecified atom stereocenters. The molecule has 2 aliphatic rings. The van der Waals surface area contributed by atoms with E-state index in [2.05, 4.69) is 13.8 Å². The Bertz CT molecular complexity index is 245. The lowest BCUT2D eigenvalue weighted by Crippen LogP contribution is -2.57. The summed E-state index contributed by atoms with van der Waals surface area (Å²) in [7, 11) is 0. The summed E-state index contributed by atoms with van der Waals surface area (Å²) in [6.07, 6.45) is 2.03. The number of fused-ring (bicyclic) bond motifs is 1. The normalized spacial score (nSPS) is 42.2. The van der Waals surface area contributed by atoms with Crippen molar-refractivity contribution in [3.63, 3.8) is 0 Å². The number of ketones is 1. The Morgan fingerprint density at radius 2 is 2.00 bits per heavy atom. The first kappa shape index (κ1) is 8.83. The third-order valence-electron chi connectivity index (χ3n) is 3.40. The predicted molar refractivity (Wildman–Crippen MR) is 49.4 cm³/mol. The minimum Gasteiger partial charge on any atom is -0.296 e. The predicted octanol–water partition coefficient (Wildman–Crippen LogP) is 2.80. The molecule has 1 nitrogen and oxygen atoms in total. The first-order valence-corrected chi connectivity index (χ1v) is 5.05. The minimum atomic E-state index is -1.08. The zero-order valence-corrected chi connectivity index (χ0v) is 8.74. The van der Waals surface area contributed by atoms with Gasteiger partial charge in [0.15, 0.2) is 10.1 Å². The molecule has 0 aromatic carbocycles. The molecule has 0 aromatic rings. The first-order chi connectivity index (χ1) is 5.37. The van der Waals surface area contributed by atoms with E-state index in [0.717, 1.165) is 12.8 Å². The van der Waals surface area contributed by atoms with Crippen LogP contribution in [0.1, 0.15) is 26.7 Å². The van der Waals surface area contributed by atoms with Crippen molar-refractivity contribution in [2.24, 2.45) is 17.3 Å². The summed E-state index contributed by atoms with van der Waals surface area (Å²) in [5.74, 6) is 0.372. The van der Waals surface area contributed by atoms with Crippen molar-refractivity contribution in [1.82, 2.24) is 0 Å². The van der Waals surface area contributed by atoms with Crippen molar-refractivity contribution >= 4 is 29.0 Å². The average molecular weight is 207 g/mol. The van der Waals surface area contributed by atoms with Gasteiger partial charge in [-0.05, 0) is 18.3 Å². The van der Waals surface area contributed by atoms with Gasteiger partial charge in [-0.1, -0.05) is 37.0 Å². The molecule has 0 spiro atoms. The van der Waals surface area contributed by atoms with E-state index in [-0.39, 0.29) is 23.0 Å². The summed E-state index contributed by atoms with van der Waals surface area (Å²) in [6.45, 7) is 4.28. The number of Topliss-reactive ketones (excluding diaryl/α,β-unsaturated/α-hetero) is 1. The zero-order valence-electron chi connectivity index (χ0n) is 7.23. The summed E-state index contributed by atoms with van der Waals surface area (Å²) in [4.78, 5) is 11.4. The molecule has 0 saturated heterocycles. The van der Waals surface area contributed by atoms with Crippen molar-refractivity contribution in [1.29, 1.82) is 0 Å². The van der Waals surface area contributed by atoms with E-state index in [0.29, 0.717) is 0 Å². The highest BCUT2D eigenvalue weighted by Gasteiger charge is 2.67. The number of hydrogen-bond donors (Lipinski definition) is 0. The highest BCUT2D eigenvalue weighted by atomic mass is 35.5. The SMILES string of the molecule is CC1(C)CCC2C(=O)C(Cl)(Cl)C21. The molecule has 3 heteroatoms. The van der Waals surface area contributed by atoms with Crippen molar-refractivity contribution in [2.75, 3.05) is 0 Å². The van der Waals surface area contributed by atoms with Gasteiger partial charge in [0, 0.05) is 11.8 Å². The molecule has 0 amide bonds. The second-order valence-electron chi connectivity index (χ2n) is 4.60. The molecule has 2 rings (SSSR count). The summed E-state index contributed by atoms with van der Waals surface area (Å²) >= 11 is 11.9. The van der Waals surface area contributed by atoms with Gasteiger partial charge < -0.3 is 0 Å². The quantitative estimate of drug-likeness (QED) is 0.558. The van der Waals surface area contributed by atoms with Gasteiger partial charge in [-0.2, -0.15) is 0 Å². The molecule has 2 saturated carbocycles. The summed E-state index contributed by atoms with van der Waals surface area (Å²) in [6, 6.07) is 0. The fourth-order valence-electron chi connectivity index (χ4n) is 2.72. The average Bonchev–Trinajstić information content (AvgIpc) is 2.23. The Kier molecular flexibility index (Phi) is 1.61. The number of carbonyl (C=O) groups is 1. The van der Waals surface area contributed by atoms with Gasteiger partial charge in [-0.3, -0.25) is 4.79 Å². The fraction of sp³-hybridized carbons (Fsp3) is 0.889. The Labute approximate surface area is 82.4 Å².